The van der Waals surface area contributed by atoms with Crippen LogP contribution in [0.25, 0.3) is 0 Å². The van der Waals surface area contributed by atoms with E-state index in [4.69, 9.17) is 4.74 Å². The maximum Gasteiger partial charge on any atom is 0.165 e. The number of nitrogens with one attached hydrogen (secondary N) is 1. The van der Waals surface area contributed by atoms with E-state index < -0.39 is 0 Å². The van der Waals surface area contributed by atoms with Gasteiger partial charge in [0, 0.05) is 22.6 Å². The van der Waals surface area contributed by atoms with E-state index in [-0.39, 0.29) is 0 Å². The zero-order valence-corrected chi connectivity index (χ0v) is 12.9. The fourth-order valence-electron chi connectivity index (χ4n) is 1.74. The molecule has 0 aliphatic carbocycles. The number of rotatable bonds is 5. The summed E-state index contributed by atoms with van der Waals surface area (Å²) in [7, 11) is 1.92. The molecule has 0 aliphatic heterocycles. The number of ether oxygens (including phenoxy) is 1. The number of nitrogens with zero attached hydrogens (tertiary/aromatic N) is 2. The van der Waals surface area contributed by atoms with Crippen molar-refractivity contribution in [1.82, 2.24) is 15.1 Å². The van der Waals surface area contributed by atoms with Gasteiger partial charge in [0.1, 0.15) is 5.75 Å². The Bertz CT molecular complexity index is 551. The Morgan fingerprint density at radius 3 is 2.84 bits per heavy atom. The van der Waals surface area contributed by atoms with E-state index in [1.54, 1.807) is 6.20 Å². The van der Waals surface area contributed by atoms with Gasteiger partial charge in [-0.3, -0.25) is 4.68 Å². The zero-order valence-electron chi connectivity index (χ0n) is 11.4. The molecule has 102 valence electrons. The zero-order chi connectivity index (χ0) is 13.8. The monoisotopic (exact) mass is 323 g/mol. The molecule has 0 fully saturated rings. The molecule has 19 heavy (non-hydrogen) atoms. The first kappa shape index (κ1) is 14.1. The molecule has 0 saturated carbocycles. The smallest absolute Gasteiger partial charge is 0.165 e. The van der Waals surface area contributed by atoms with Crippen molar-refractivity contribution < 1.29 is 4.74 Å². The molecule has 0 amide bonds. The number of hydrogen-bond donors (Lipinski definition) is 1. The van der Waals surface area contributed by atoms with Gasteiger partial charge >= 0.3 is 0 Å². The fraction of sp³-hybridized carbons (Fsp3) is 0.357. The Labute approximate surface area is 121 Å². The fourth-order valence-corrected chi connectivity index (χ4v) is 2.08. The molecule has 2 aromatic rings. The lowest BCUT2D eigenvalue weighted by molar-refractivity contribution is 0.469. The summed E-state index contributed by atoms with van der Waals surface area (Å²) in [5.74, 6) is 1.59. The van der Waals surface area contributed by atoms with E-state index in [9.17, 15) is 0 Å². The summed E-state index contributed by atoms with van der Waals surface area (Å²) in [4.78, 5) is 0. The Morgan fingerprint density at radius 1 is 1.42 bits per heavy atom. The minimum atomic E-state index is 0.330. The summed E-state index contributed by atoms with van der Waals surface area (Å²) in [6.07, 6.45) is 3.65. The quantitative estimate of drug-likeness (QED) is 0.911. The first-order valence-corrected chi connectivity index (χ1v) is 7.04. The first-order chi connectivity index (χ1) is 9.10. The maximum absolute atomic E-state index is 5.92. The van der Waals surface area contributed by atoms with Gasteiger partial charge in [-0.05, 0) is 33.0 Å². The molecule has 0 spiro atoms. The molecule has 5 heteroatoms. The van der Waals surface area contributed by atoms with Crippen molar-refractivity contribution in [2.75, 3.05) is 7.05 Å². The van der Waals surface area contributed by atoms with Crippen molar-refractivity contribution >= 4 is 15.9 Å². The van der Waals surface area contributed by atoms with Crippen molar-refractivity contribution in [2.45, 2.75) is 26.4 Å². The molecular formula is C14H18BrN3O. The van der Waals surface area contributed by atoms with Crippen LogP contribution in [-0.2, 0) is 6.54 Å². The summed E-state index contributed by atoms with van der Waals surface area (Å²) in [5, 5.41) is 7.41. The second-order valence-electron chi connectivity index (χ2n) is 4.63. The van der Waals surface area contributed by atoms with Crippen LogP contribution in [0.1, 0.15) is 25.5 Å². The van der Waals surface area contributed by atoms with Gasteiger partial charge in [-0.25, -0.2) is 0 Å². The van der Waals surface area contributed by atoms with Crippen LogP contribution in [0.15, 0.2) is 35.1 Å². The molecule has 1 aromatic heterocycles. The minimum absolute atomic E-state index is 0.330. The van der Waals surface area contributed by atoms with Gasteiger partial charge in [0.15, 0.2) is 5.75 Å². The average molecular weight is 324 g/mol. The predicted molar refractivity (Wildman–Crippen MR) is 79.6 cm³/mol. The van der Waals surface area contributed by atoms with E-state index in [0.717, 1.165) is 28.1 Å². The summed E-state index contributed by atoms with van der Waals surface area (Å²) in [6, 6.07) is 6.36. The third kappa shape index (κ3) is 3.58. The van der Waals surface area contributed by atoms with Crippen LogP contribution in [0.3, 0.4) is 0 Å². The summed E-state index contributed by atoms with van der Waals surface area (Å²) < 4.78 is 8.80. The second-order valence-corrected chi connectivity index (χ2v) is 5.55. The van der Waals surface area contributed by atoms with Crippen LogP contribution in [-0.4, -0.2) is 16.8 Å². The molecular weight excluding hydrogens is 306 g/mol. The molecule has 0 unspecified atom stereocenters. The van der Waals surface area contributed by atoms with Gasteiger partial charge in [0.25, 0.3) is 0 Å². The third-order valence-electron chi connectivity index (χ3n) is 2.73. The normalized spacial score (nSPS) is 11.0. The van der Waals surface area contributed by atoms with E-state index in [2.05, 4.69) is 40.2 Å². The molecule has 0 saturated heterocycles. The van der Waals surface area contributed by atoms with E-state index >= 15 is 0 Å². The second kappa shape index (κ2) is 6.21. The highest BCUT2D eigenvalue weighted by atomic mass is 79.9. The number of aromatic nitrogens is 2. The minimum Gasteiger partial charge on any atom is -0.454 e. The van der Waals surface area contributed by atoms with Gasteiger partial charge in [0.05, 0.1) is 12.4 Å². The molecule has 4 nitrogen and oxygen atoms in total. The highest BCUT2D eigenvalue weighted by molar-refractivity contribution is 9.10. The SMILES string of the molecule is CNCc1ccc(Br)cc1Oc1cnn(C(C)C)c1. The molecule has 1 N–H and O–H groups in total. The first-order valence-electron chi connectivity index (χ1n) is 6.25. The van der Waals surface area contributed by atoms with Gasteiger partial charge in [0.2, 0.25) is 0 Å². The summed E-state index contributed by atoms with van der Waals surface area (Å²) in [5.41, 5.74) is 1.11. The number of halogens is 1. The van der Waals surface area contributed by atoms with Crippen LogP contribution in [0.2, 0.25) is 0 Å². The van der Waals surface area contributed by atoms with Crippen LogP contribution >= 0.6 is 15.9 Å². The molecule has 1 aromatic carbocycles. The largest absolute Gasteiger partial charge is 0.454 e. The van der Waals surface area contributed by atoms with Crippen molar-refractivity contribution in [3.8, 4) is 11.5 Å². The summed E-state index contributed by atoms with van der Waals surface area (Å²) in [6.45, 7) is 4.94. The lowest BCUT2D eigenvalue weighted by atomic mass is 10.2. The molecule has 0 aliphatic rings. The van der Waals surface area contributed by atoms with Gasteiger partial charge in [-0.1, -0.05) is 22.0 Å². The van der Waals surface area contributed by atoms with Crippen molar-refractivity contribution in [1.29, 1.82) is 0 Å². The predicted octanol–water partition coefficient (Wildman–Crippen LogP) is 3.74. The topological polar surface area (TPSA) is 39.1 Å². The molecule has 0 radical (unpaired) electrons. The van der Waals surface area contributed by atoms with Crippen LogP contribution in [0, 0.1) is 0 Å². The lowest BCUT2D eigenvalue weighted by Gasteiger charge is -2.10. The Hall–Kier alpha value is -1.33. The Morgan fingerprint density at radius 2 is 2.21 bits per heavy atom. The van der Waals surface area contributed by atoms with E-state index in [0.29, 0.717) is 6.04 Å². The van der Waals surface area contributed by atoms with Gasteiger partial charge in [-0.2, -0.15) is 5.10 Å². The number of hydrogen-bond acceptors (Lipinski definition) is 3. The van der Waals surface area contributed by atoms with E-state index in [1.165, 1.54) is 0 Å². The lowest BCUT2D eigenvalue weighted by Crippen LogP contribution is -2.06. The van der Waals surface area contributed by atoms with Crippen molar-refractivity contribution in [2.24, 2.45) is 0 Å². The number of benzene rings is 1. The Balaban J connectivity index is 2.23. The molecule has 2 rings (SSSR count). The molecule has 0 atom stereocenters. The maximum atomic E-state index is 5.92. The van der Waals surface area contributed by atoms with Crippen LogP contribution in [0.5, 0.6) is 11.5 Å². The highest BCUT2D eigenvalue weighted by Gasteiger charge is 2.08. The standard InChI is InChI=1S/C14H18BrN3O/c1-10(2)18-9-13(8-17-18)19-14-6-12(15)5-4-11(14)7-16-3/h4-6,8-10,16H,7H2,1-3H3. The third-order valence-corrected chi connectivity index (χ3v) is 3.22. The van der Waals surface area contributed by atoms with Crippen LogP contribution < -0.4 is 10.1 Å². The Kier molecular flexibility index (Phi) is 4.61. The van der Waals surface area contributed by atoms with E-state index in [1.807, 2.05) is 36.1 Å². The summed E-state index contributed by atoms with van der Waals surface area (Å²) >= 11 is 3.47. The molecule has 0 bridgehead atoms. The van der Waals surface area contributed by atoms with Crippen molar-refractivity contribution in [3.05, 3.63) is 40.6 Å². The highest BCUT2D eigenvalue weighted by Crippen LogP contribution is 2.28. The van der Waals surface area contributed by atoms with Crippen molar-refractivity contribution in [3.63, 3.8) is 0 Å². The molecule has 1 heterocycles. The van der Waals surface area contributed by atoms with Gasteiger partial charge in [-0.15, -0.1) is 0 Å². The van der Waals surface area contributed by atoms with Gasteiger partial charge < -0.3 is 10.1 Å². The van der Waals surface area contributed by atoms with Crippen LogP contribution in [0.4, 0.5) is 0 Å². The average Bonchev–Trinajstić information content (AvgIpc) is 2.81.